The molecule has 0 aromatic heterocycles. The van der Waals surface area contributed by atoms with Gasteiger partial charge < -0.3 is 5.53 Å². The molecule has 0 unspecified atom stereocenters. The van der Waals surface area contributed by atoms with Crippen LogP contribution in [0.5, 0.6) is 0 Å². The molecule has 0 heterocycles. The van der Waals surface area contributed by atoms with Crippen molar-refractivity contribution >= 4 is 11.4 Å². The van der Waals surface area contributed by atoms with Crippen molar-refractivity contribution in [3.63, 3.8) is 0 Å². The minimum atomic E-state index is 0.893. The van der Waals surface area contributed by atoms with E-state index in [1.165, 1.54) is 84.8 Å². The molecule has 2 nitrogen and oxygen atoms in total. The molecule has 2 rings (SSSR count). The number of aryl methyl sites for hydroxylation is 2. The van der Waals surface area contributed by atoms with Gasteiger partial charge in [0.05, 0.1) is 5.57 Å². The van der Waals surface area contributed by atoms with Gasteiger partial charge in [0.15, 0.2) is 0 Å². The Morgan fingerprint density at radius 3 is 1.62 bits per heavy atom. The van der Waals surface area contributed by atoms with E-state index in [1.807, 2.05) is 0 Å². The molecule has 0 radical (unpaired) electrons. The minimum Gasteiger partial charge on any atom is -0.348 e. The molecule has 2 heteroatoms. The molecule has 2 aromatic carbocycles. The highest BCUT2D eigenvalue weighted by atomic mass is 14.8. The summed E-state index contributed by atoms with van der Waals surface area (Å²) in [6.45, 7) is 8.99. The molecular formula is C35H50N2. The summed E-state index contributed by atoms with van der Waals surface area (Å²) < 4.78 is 0. The van der Waals surface area contributed by atoms with Crippen molar-refractivity contribution in [1.29, 1.82) is 0 Å². The van der Waals surface area contributed by atoms with Gasteiger partial charge in [0.2, 0.25) is 0 Å². The van der Waals surface area contributed by atoms with Crippen molar-refractivity contribution in [1.82, 2.24) is 0 Å². The normalized spacial score (nSPS) is 11.6. The molecular weight excluding hydrogens is 448 g/mol. The summed E-state index contributed by atoms with van der Waals surface area (Å²) in [5, 5.41) is 0. The lowest BCUT2D eigenvalue weighted by atomic mass is 9.85. The van der Waals surface area contributed by atoms with Crippen molar-refractivity contribution in [2.45, 2.75) is 124 Å². The fourth-order valence-electron chi connectivity index (χ4n) is 4.99. The van der Waals surface area contributed by atoms with Crippen molar-refractivity contribution in [2.75, 3.05) is 0 Å². The second-order valence-electron chi connectivity index (χ2n) is 10.4. The summed E-state index contributed by atoms with van der Waals surface area (Å²) in [4.78, 5) is 3.40. The average molecular weight is 499 g/mol. The number of unbranched alkanes of at least 4 members (excludes halogenated alkanes) is 7. The van der Waals surface area contributed by atoms with E-state index in [0.717, 1.165) is 50.5 Å². The second-order valence-corrected chi connectivity index (χ2v) is 10.4. The van der Waals surface area contributed by atoms with Gasteiger partial charge in [-0.05, 0) is 84.8 Å². The van der Waals surface area contributed by atoms with Gasteiger partial charge in [-0.2, -0.15) is 0 Å². The summed E-state index contributed by atoms with van der Waals surface area (Å²) in [5.74, 6) is 3.00. The predicted molar refractivity (Wildman–Crippen MR) is 161 cm³/mol. The van der Waals surface area contributed by atoms with E-state index in [9.17, 15) is 5.53 Å². The fourth-order valence-corrected chi connectivity index (χ4v) is 4.99. The first kappa shape index (κ1) is 30.6. The third-order valence-electron chi connectivity index (χ3n) is 7.28. The summed E-state index contributed by atoms with van der Waals surface area (Å²) in [7, 11) is 0. The molecule has 0 aliphatic carbocycles. The minimum absolute atomic E-state index is 0.893. The van der Waals surface area contributed by atoms with E-state index in [0.29, 0.717) is 0 Å². The Labute approximate surface area is 227 Å². The lowest BCUT2D eigenvalue weighted by Gasteiger charge is -2.18. The van der Waals surface area contributed by atoms with Crippen LogP contribution in [0.4, 0.5) is 0 Å². The Kier molecular flexibility index (Phi) is 15.3. The monoisotopic (exact) mass is 498 g/mol. The fraction of sp³-hybridized carbons (Fsp3) is 0.543. The van der Waals surface area contributed by atoms with Crippen LogP contribution in [0.15, 0.2) is 59.7 Å². The van der Waals surface area contributed by atoms with E-state index in [2.05, 4.69) is 86.9 Å². The maximum atomic E-state index is 9.54. The Bertz CT molecular complexity index is 1010. The van der Waals surface area contributed by atoms with Gasteiger partial charge in [-0.25, -0.2) is 0 Å². The molecule has 0 saturated carbocycles. The van der Waals surface area contributed by atoms with Crippen LogP contribution in [0.25, 0.3) is 11.1 Å². The smallest absolute Gasteiger partial charge is 0.303 e. The van der Waals surface area contributed by atoms with Gasteiger partial charge in [-0.3, -0.25) is 0 Å². The van der Waals surface area contributed by atoms with Crippen LogP contribution in [0.3, 0.4) is 0 Å². The number of benzene rings is 2. The van der Waals surface area contributed by atoms with Crippen LogP contribution in [0, 0.1) is 0 Å². The molecule has 0 aliphatic heterocycles. The quantitative estimate of drug-likeness (QED) is 0.0644. The Morgan fingerprint density at radius 2 is 1.11 bits per heavy atom. The first-order valence-electron chi connectivity index (χ1n) is 15.1. The third-order valence-corrected chi connectivity index (χ3v) is 7.28. The molecule has 200 valence electrons. The number of nitrogens with zero attached hydrogens (tertiary/aromatic N) is 2. The van der Waals surface area contributed by atoms with E-state index in [-0.39, 0.29) is 0 Å². The molecule has 0 saturated heterocycles. The Morgan fingerprint density at radius 1 is 0.595 bits per heavy atom. The van der Waals surface area contributed by atoms with E-state index in [4.69, 9.17) is 0 Å². The lowest BCUT2D eigenvalue weighted by Crippen LogP contribution is -2.01. The summed E-state index contributed by atoms with van der Waals surface area (Å²) in [6.07, 6.45) is 17.4. The molecule has 0 N–H and O–H groups in total. The number of allylic oxidation sites excluding steroid dienone is 2. The highest BCUT2D eigenvalue weighted by Gasteiger charge is 2.18. The van der Waals surface area contributed by atoms with E-state index >= 15 is 0 Å². The van der Waals surface area contributed by atoms with Gasteiger partial charge in [0.1, 0.15) is 0 Å². The van der Waals surface area contributed by atoms with Crippen LogP contribution >= 0.6 is 0 Å². The zero-order valence-corrected chi connectivity index (χ0v) is 24.1. The molecule has 0 bridgehead atoms. The maximum absolute atomic E-state index is 9.54. The van der Waals surface area contributed by atoms with Crippen molar-refractivity contribution in [3.05, 3.63) is 87.5 Å². The number of hydrogen-bond acceptors (Lipinski definition) is 0. The zero-order valence-electron chi connectivity index (χ0n) is 24.1. The van der Waals surface area contributed by atoms with Gasteiger partial charge >= 0.3 is 5.87 Å². The summed E-state index contributed by atoms with van der Waals surface area (Å²) in [6, 6.07) is 18.4. The molecule has 2 aromatic rings. The molecule has 0 amide bonds. The van der Waals surface area contributed by atoms with Crippen molar-refractivity contribution < 1.29 is 4.79 Å². The van der Waals surface area contributed by atoms with Gasteiger partial charge in [-0.1, -0.05) is 121 Å². The van der Waals surface area contributed by atoms with Gasteiger partial charge in [0, 0.05) is 0 Å². The number of rotatable bonds is 18. The largest absolute Gasteiger partial charge is 0.348 e. The highest BCUT2D eigenvalue weighted by molar-refractivity contribution is 5.87. The van der Waals surface area contributed by atoms with Crippen LogP contribution in [0.1, 0.15) is 133 Å². The second kappa shape index (κ2) is 18.6. The molecule has 37 heavy (non-hydrogen) atoms. The van der Waals surface area contributed by atoms with Crippen LogP contribution in [-0.2, 0) is 12.8 Å². The van der Waals surface area contributed by atoms with E-state index in [1.54, 1.807) is 0 Å². The summed E-state index contributed by atoms with van der Waals surface area (Å²) >= 11 is 0. The Balaban J connectivity index is 2.58. The SMILES string of the molecule is CCCCCCc1ccc(C(=C(CCCC)C(=C=[N+]=[N-])CCCCC)c2ccc(CCCC)cc2)cc1. The van der Waals surface area contributed by atoms with Crippen molar-refractivity contribution in [2.24, 2.45) is 0 Å². The molecule has 0 atom stereocenters. The maximum Gasteiger partial charge on any atom is 0.303 e. The van der Waals surface area contributed by atoms with Gasteiger partial charge in [-0.15, -0.1) is 4.79 Å². The topological polar surface area (TPSA) is 36.4 Å². The number of hydrogen-bond donors (Lipinski definition) is 0. The van der Waals surface area contributed by atoms with Crippen LogP contribution < -0.4 is 0 Å². The van der Waals surface area contributed by atoms with E-state index < -0.39 is 0 Å². The molecule has 0 aliphatic rings. The average Bonchev–Trinajstić information content (AvgIpc) is 2.93. The van der Waals surface area contributed by atoms with Crippen LogP contribution in [-0.4, -0.2) is 10.7 Å². The highest BCUT2D eigenvalue weighted by Crippen LogP contribution is 2.35. The lowest BCUT2D eigenvalue weighted by molar-refractivity contribution is 0.00739. The van der Waals surface area contributed by atoms with Gasteiger partial charge in [0.25, 0.3) is 0 Å². The standard InChI is InChI=1S/C35H50N2/c1-5-9-13-15-17-30-22-26-32(27-23-30)35(31-24-20-29(21-25-31)16-11-7-3)34(19-12-8-4)33(28-37-36)18-14-10-6-2/h20-27H,5-19H2,1-4H3. The summed E-state index contributed by atoms with van der Waals surface area (Å²) in [5.41, 5.74) is 18.5. The van der Waals surface area contributed by atoms with Crippen molar-refractivity contribution in [3.8, 4) is 0 Å². The third kappa shape index (κ3) is 10.7. The predicted octanol–water partition coefficient (Wildman–Crippen LogP) is 10.6. The molecule has 0 spiro atoms. The first-order valence-corrected chi connectivity index (χ1v) is 15.1. The zero-order chi connectivity index (χ0) is 26.7. The molecule has 0 fully saturated rings. The van der Waals surface area contributed by atoms with Crippen LogP contribution in [0.2, 0.25) is 0 Å². The first-order chi connectivity index (χ1) is 18.2. The Hall–Kier alpha value is -2.66.